The smallest absolute Gasteiger partial charge is 0.181 e. The van der Waals surface area contributed by atoms with Gasteiger partial charge in [-0.05, 0) is 18.2 Å². The number of rotatable bonds is 1. The molecule has 4 nitrogen and oxygen atoms in total. The van der Waals surface area contributed by atoms with Crippen LogP contribution in [0.25, 0.3) is 11.3 Å². The minimum atomic E-state index is 0.550. The lowest BCUT2D eigenvalue weighted by Crippen LogP contribution is -1.93. The summed E-state index contributed by atoms with van der Waals surface area (Å²) in [6.07, 6.45) is 3.01. The van der Waals surface area contributed by atoms with E-state index in [-0.39, 0.29) is 0 Å². The van der Waals surface area contributed by atoms with Crippen LogP contribution in [-0.2, 0) is 0 Å². The molecule has 0 aliphatic carbocycles. The zero-order chi connectivity index (χ0) is 9.26. The van der Waals surface area contributed by atoms with Gasteiger partial charge in [-0.25, -0.2) is 4.98 Å². The molecule has 0 amide bonds. The summed E-state index contributed by atoms with van der Waals surface area (Å²) >= 11 is 0. The van der Waals surface area contributed by atoms with Crippen LogP contribution in [0, 0.1) is 0 Å². The minimum absolute atomic E-state index is 0.550. The lowest BCUT2D eigenvalue weighted by molar-refractivity contribution is 0.572. The Balaban J connectivity index is 2.49. The van der Waals surface area contributed by atoms with Crippen molar-refractivity contribution in [1.29, 1.82) is 0 Å². The first kappa shape index (κ1) is 7.67. The van der Waals surface area contributed by atoms with Crippen LogP contribution in [0.2, 0.25) is 0 Å². The van der Waals surface area contributed by atoms with Gasteiger partial charge in [0.25, 0.3) is 0 Å². The van der Waals surface area contributed by atoms with Gasteiger partial charge < -0.3 is 15.9 Å². The van der Waals surface area contributed by atoms with Crippen LogP contribution < -0.4 is 11.5 Å². The van der Waals surface area contributed by atoms with Gasteiger partial charge in [0.05, 0.1) is 17.6 Å². The summed E-state index contributed by atoms with van der Waals surface area (Å²) in [4.78, 5) is 3.81. The molecule has 0 atom stereocenters. The minimum Gasteiger partial charge on any atom is -0.444 e. The van der Waals surface area contributed by atoms with E-state index in [2.05, 4.69) is 4.98 Å². The van der Waals surface area contributed by atoms with Crippen LogP contribution in [0.5, 0.6) is 0 Å². The van der Waals surface area contributed by atoms with Crippen molar-refractivity contribution in [2.24, 2.45) is 0 Å². The Morgan fingerprint density at radius 3 is 2.62 bits per heavy atom. The Labute approximate surface area is 75.2 Å². The van der Waals surface area contributed by atoms with Gasteiger partial charge in [-0.15, -0.1) is 0 Å². The van der Waals surface area contributed by atoms with Gasteiger partial charge >= 0.3 is 0 Å². The molecule has 0 aliphatic rings. The van der Waals surface area contributed by atoms with E-state index in [1.165, 1.54) is 6.39 Å². The van der Waals surface area contributed by atoms with Crippen molar-refractivity contribution in [2.45, 2.75) is 0 Å². The first-order valence-corrected chi connectivity index (χ1v) is 3.81. The van der Waals surface area contributed by atoms with Crippen molar-refractivity contribution < 1.29 is 4.42 Å². The topological polar surface area (TPSA) is 78.1 Å². The lowest BCUT2D eigenvalue weighted by atomic mass is 10.1. The van der Waals surface area contributed by atoms with Crippen LogP contribution >= 0.6 is 0 Å². The van der Waals surface area contributed by atoms with Crippen molar-refractivity contribution in [1.82, 2.24) is 4.98 Å². The zero-order valence-corrected chi connectivity index (χ0v) is 6.90. The van der Waals surface area contributed by atoms with Crippen molar-refractivity contribution in [2.75, 3.05) is 11.5 Å². The van der Waals surface area contributed by atoms with Crippen LogP contribution in [0.15, 0.2) is 35.2 Å². The quantitative estimate of drug-likeness (QED) is 0.644. The predicted octanol–water partition coefficient (Wildman–Crippen LogP) is 1.51. The SMILES string of the molecule is Nc1ccc(-c2cnco2)cc1N. The molecule has 2 aromatic rings. The Kier molecular flexibility index (Phi) is 1.66. The Morgan fingerprint density at radius 1 is 1.15 bits per heavy atom. The molecule has 0 aliphatic heterocycles. The second-order valence-electron chi connectivity index (χ2n) is 2.71. The number of hydrogen-bond acceptors (Lipinski definition) is 4. The zero-order valence-electron chi connectivity index (χ0n) is 6.90. The van der Waals surface area contributed by atoms with E-state index in [0.717, 1.165) is 5.56 Å². The van der Waals surface area contributed by atoms with Crippen LogP contribution in [0.4, 0.5) is 11.4 Å². The average molecular weight is 175 g/mol. The average Bonchev–Trinajstić information content (AvgIpc) is 2.62. The Hall–Kier alpha value is -1.97. The number of nitrogens with zero attached hydrogens (tertiary/aromatic N) is 1. The van der Waals surface area contributed by atoms with Gasteiger partial charge in [-0.3, -0.25) is 0 Å². The fourth-order valence-electron chi connectivity index (χ4n) is 1.09. The maximum Gasteiger partial charge on any atom is 0.181 e. The van der Waals surface area contributed by atoms with Crippen LogP contribution in [0.3, 0.4) is 0 Å². The van der Waals surface area contributed by atoms with Crippen molar-refractivity contribution in [3.8, 4) is 11.3 Å². The van der Waals surface area contributed by atoms with Gasteiger partial charge in [0.2, 0.25) is 0 Å². The fourth-order valence-corrected chi connectivity index (χ4v) is 1.09. The molecule has 0 saturated carbocycles. The van der Waals surface area contributed by atoms with E-state index in [1.807, 2.05) is 6.07 Å². The molecule has 0 spiro atoms. The Bertz CT molecular complexity index is 409. The van der Waals surface area contributed by atoms with Gasteiger partial charge in [-0.2, -0.15) is 0 Å². The molecule has 2 rings (SSSR count). The highest BCUT2D eigenvalue weighted by atomic mass is 16.3. The number of benzene rings is 1. The van der Waals surface area contributed by atoms with E-state index in [9.17, 15) is 0 Å². The maximum absolute atomic E-state index is 5.64. The summed E-state index contributed by atoms with van der Waals surface area (Å²) in [5.74, 6) is 0.687. The number of anilines is 2. The predicted molar refractivity (Wildman–Crippen MR) is 50.8 cm³/mol. The number of aromatic nitrogens is 1. The summed E-state index contributed by atoms with van der Waals surface area (Å²) < 4.78 is 5.11. The molecular weight excluding hydrogens is 166 g/mol. The number of oxazole rings is 1. The first-order chi connectivity index (χ1) is 6.27. The van der Waals surface area contributed by atoms with Crippen molar-refractivity contribution >= 4 is 11.4 Å². The van der Waals surface area contributed by atoms with E-state index in [1.54, 1.807) is 18.3 Å². The molecule has 0 fully saturated rings. The van der Waals surface area contributed by atoms with Gasteiger partial charge in [0, 0.05) is 5.56 Å². The van der Waals surface area contributed by atoms with E-state index >= 15 is 0 Å². The third-order valence-corrected chi connectivity index (χ3v) is 1.80. The summed E-state index contributed by atoms with van der Waals surface area (Å²) in [7, 11) is 0. The molecule has 0 radical (unpaired) electrons. The highest BCUT2D eigenvalue weighted by Gasteiger charge is 2.02. The Morgan fingerprint density at radius 2 is 2.00 bits per heavy atom. The normalized spacial score (nSPS) is 10.2. The van der Waals surface area contributed by atoms with Crippen molar-refractivity contribution in [3.05, 3.63) is 30.8 Å². The number of nitrogen functional groups attached to an aromatic ring is 2. The van der Waals surface area contributed by atoms with Gasteiger partial charge in [-0.1, -0.05) is 0 Å². The highest BCUT2D eigenvalue weighted by Crippen LogP contribution is 2.24. The molecular formula is C9H9N3O. The van der Waals surface area contributed by atoms with E-state index in [4.69, 9.17) is 15.9 Å². The van der Waals surface area contributed by atoms with Crippen LogP contribution in [0.1, 0.15) is 0 Å². The van der Waals surface area contributed by atoms with Gasteiger partial charge in [0.1, 0.15) is 0 Å². The molecule has 1 aromatic carbocycles. The monoisotopic (exact) mass is 175 g/mol. The highest BCUT2D eigenvalue weighted by molar-refractivity contribution is 5.71. The molecule has 0 saturated heterocycles. The molecule has 0 bridgehead atoms. The standard InChI is InChI=1S/C9H9N3O/c10-7-2-1-6(3-8(7)11)9-4-12-5-13-9/h1-5H,10-11H2. The third kappa shape index (κ3) is 1.33. The molecule has 13 heavy (non-hydrogen) atoms. The molecule has 0 unspecified atom stereocenters. The lowest BCUT2D eigenvalue weighted by Gasteiger charge is -2.01. The summed E-state index contributed by atoms with van der Waals surface area (Å²) in [6, 6.07) is 5.34. The molecule has 66 valence electrons. The van der Waals surface area contributed by atoms with Gasteiger partial charge in [0.15, 0.2) is 12.2 Å². The fraction of sp³-hybridized carbons (Fsp3) is 0. The molecule has 4 heteroatoms. The maximum atomic E-state index is 5.64. The third-order valence-electron chi connectivity index (χ3n) is 1.80. The molecule has 1 aromatic heterocycles. The molecule has 1 heterocycles. The second-order valence-corrected chi connectivity index (χ2v) is 2.71. The van der Waals surface area contributed by atoms with Crippen LogP contribution in [-0.4, -0.2) is 4.98 Å². The van der Waals surface area contributed by atoms with Crippen molar-refractivity contribution in [3.63, 3.8) is 0 Å². The summed E-state index contributed by atoms with van der Waals surface area (Å²) in [5.41, 5.74) is 13.2. The van der Waals surface area contributed by atoms with E-state index in [0.29, 0.717) is 17.1 Å². The van der Waals surface area contributed by atoms with E-state index < -0.39 is 0 Å². The summed E-state index contributed by atoms with van der Waals surface area (Å²) in [5, 5.41) is 0. The number of nitrogens with two attached hydrogens (primary N) is 2. The summed E-state index contributed by atoms with van der Waals surface area (Å²) in [6.45, 7) is 0. The number of hydrogen-bond donors (Lipinski definition) is 2. The molecule has 4 N–H and O–H groups in total. The largest absolute Gasteiger partial charge is 0.444 e. The second kappa shape index (κ2) is 2.82. The first-order valence-electron chi connectivity index (χ1n) is 3.81.